The van der Waals surface area contributed by atoms with Crippen molar-refractivity contribution in [3.05, 3.63) is 18.0 Å². The third kappa shape index (κ3) is 3.90. The number of hydrogen-bond acceptors (Lipinski definition) is 5. The Morgan fingerprint density at radius 2 is 2.33 bits per heavy atom. The number of carbonyl (C=O) groups is 1. The highest BCUT2D eigenvalue weighted by Gasteiger charge is 2.06. The minimum atomic E-state index is -1.09. The molecule has 0 saturated heterocycles. The Kier molecular flexibility index (Phi) is 3.99. The second kappa shape index (κ2) is 5.26. The average molecular weight is 211 g/mol. The molecule has 0 fully saturated rings. The van der Waals surface area contributed by atoms with E-state index in [1.54, 1.807) is 0 Å². The number of aromatic carboxylic acids is 1. The molecule has 0 aromatic carbocycles. The number of hydrogen-bond donors (Lipinski definition) is 1. The zero-order chi connectivity index (χ0) is 11.3. The number of aromatic nitrogens is 2. The highest BCUT2D eigenvalue weighted by Crippen LogP contribution is 2.02. The van der Waals surface area contributed by atoms with E-state index in [1.807, 2.05) is 19.0 Å². The van der Waals surface area contributed by atoms with Gasteiger partial charge in [-0.15, -0.1) is 0 Å². The third-order valence-electron chi connectivity index (χ3n) is 1.62. The van der Waals surface area contributed by atoms with Gasteiger partial charge in [-0.1, -0.05) is 0 Å². The Morgan fingerprint density at radius 3 is 2.93 bits per heavy atom. The van der Waals surface area contributed by atoms with Crippen LogP contribution >= 0.6 is 0 Å². The highest BCUT2D eigenvalue weighted by molar-refractivity contribution is 5.85. The summed E-state index contributed by atoms with van der Waals surface area (Å²) in [7, 11) is 3.83. The van der Waals surface area contributed by atoms with Crippen LogP contribution in [-0.2, 0) is 0 Å². The second-order valence-corrected chi connectivity index (χ2v) is 3.18. The monoisotopic (exact) mass is 211 g/mol. The maximum absolute atomic E-state index is 10.6. The number of nitrogens with zero attached hydrogens (tertiary/aromatic N) is 3. The molecule has 6 nitrogen and oxygen atoms in total. The number of likely N-dealkylation sites (N-methyl/N-ethyl adjacent to an activating group) is 1. The van der Waals surface area contributed by atoms with Crippen molar-refractivity contribution in [2.24, 2.45) is 0 Å². The predicted molar refractivity (Wildman–Crippen MR) is 53.0 cm³/mol. The van der Waals surface area contributed by atoms with Crippen LogP contribution < -0.4 is 4.74 Å². The van der Waals surface area contributed by atoms with Crippen molar-refractivity contribution >= 4 is 5.97 Å². The van der Waals surface area contributed by atoms with E-state index in [-0.39, 0.29) is 11.7 Å². The summed E-state index contributed by atoms with van der Waals surface area (Å²) in [5, 5.41) is 8.67. The normalized spacial score (nSPS) is 10.3. The van der Waals surface area contributed by atoms with Crippen LogP contribution in [0, 0.1) is 0 Å². The molecular formula is C9H13N3O3. The van der Waals surface area contributed by atoms with Gasteiger partial charge in [-0.25, -0.2) is 9.78 Å². The molecule has 1 heterocycles. The molecular weight excluding hydrogens is 198 g/mol. The van der Waals surface area contributed by atoms with Gasteiger partial charge in [0.1, 0.15) is 6.61 Å². The van der Waals surface area contributed by atoms with Crippen LogP contribution in [0.2, 0.25) is 0 Å². The maximum Gasteiger partial charge on any atom is 0.354 e. The van der Waals surface area contributed by atoms with Gasteiger partial charge in [-0.2, -0.15) is 4.98 Å². The Morgan fingerprint density at radius 1 is 1.60 bits per heavy atom. The standard InChI is InChI=1S/C9H13N3O3/c1-12(2)5-6-15-9-10-4-3-7(11-9)8(13)14/h3-4H,5-6H2,1-2H3,(H,13,14). The fourth-order valence-corrected chi connectivity index (χ4v) is 0.849. The van der Waals surface area contributed by atoms with Crippen molar-refractivity contribution in [1.29, 1.82) is 0 Å². The summed E-state index contributed by atoms with van der Waals surface area (Å²) < 4.78 is 5.18. The fraction of sp³-hybridized carbons (Fsp3) is 0.444. The third-order valence-corrected chi connectivity index (χ3v) is 1.62. The minimum Gasteiger partial charge on any atom is -0.477 e. The first-order valence-corrected chi connectivity index (χ1v) is 4.43. The molecule has 0 unspecified atom stereocenters. The largest absolute Gasteiger partial charge is 0.477 e. The summed E-state index contributed by atoms with van der Waals surface area (Å²) in [4.78, 5) is 20.0. The van der Waals surface area contributed by atoms with E-state index in [0.717, 1.165) is 6.54 Å². The van der Waals surface area contributed by atoms with Gasteiger partial charge in [-0.05, 0) is 20.2 Å². The van der Waals surface area contributed by atoms with E-state index in [9.17, 15) is 4.79 Å². The number of carboxylic acids is 1. The zero-order valence-electron chi connectivity index (χ0n) is 8.67. The maximum atomic E-state index is 10.6. The van der Waals surface area contributed by atoms with Crippen LogP contribution in [0.1, 0.15) is 10.5 Å². The molecule has 1 aromatic rings. The second-order valence-electron chi connectivity index (χ2n) is 3.18. The van der Waals surface area contributed by atoms with E-state index in [0.29, 0.717) is 6.61 Å². The van der Waals surface area contributed by atoms with Crippen LogP contribution in [-0.4, -0.2) is 53.2 Å². The summed E-state index contributed by atoms with van der Waals surface area (Å²) in [5.41, 5.74) is -0.0650. The van der Waals surface area contributed by atoms with Gasteiger partial charge in [0.05, 0.1) is 0 Å². The lowest BCUT2D eigenvalue weighted by Gasteiger charge is -2.09. The smallest absolute Gasteiger partial charge is 0.354 e. The molecule has 0 radical (unpaired) electrons. The van der Waals surface area contributed by atoms with Gasteiger partial charge in [0.2, 0.25) is 0 Å². The Bertz CT molecular complexity index is 341. The Balaban J connectivity index is 2.54. The molecule has 82 valence electrons. The molecule has 1 aromatic heterocycles. The lowest BCUT2D eigenvalue weighted by Crippen LogP contribution is -2.20. The van der Waals surface area contributed by atoms with Gasteiger partial charge in [0.15, 0.2) is 5.69 Å². The van der Waals surface area contributed by atoms with Gasteiger partial charge in [0, 0.05) is 12.7 Å². The zero-order valence-corrected chi connectivity index (χ0v) is 8.67. The van der Waals surface area contributed by atoms with Gasteiger partial charge >= 0.3 is 12.0 Å². The topological polar surface area (TPSA) is 75.5 Å². The van der Waals surface area contributed by atoms with Gasteiger partial charge < -0.3 is 14.7 Å². The number of ether oxygens (including phenoxy) is 1. The van der Waals surface area contributed by atoms with E-state index >= 15 is 0 Å². The van der Waals surface area contributed by atoms with Crippen molar-refractivity contribution in [3.8, 4) is 6.01 Å². The Labute approximate surface area is 87.5 Å². The molecule has 0 aliphatic carbocycles. The lowest BCUT2D eigenvalue weighted by molar-refractivity contribution is 0.0688. The van der Waals surface area contributed by atoms with Crippen molar-refractivity contribution < 1.29 is 14.6 Å². The van der Waals surface area contributed by atoms with Gasteiger partial charge in [0.25, 0.3) is 0 Å². The molecule has 0 spiro atoms. The van der Waals surface area contributed by atoms with E-state index in [1.165, 1.54) is 12.3 Å². The predicted octanol–water partition coefficient (Wildman–Crippen LogP) is 0.115. The van der Waals surface area contributed by atoms with E-state index in [2.05, 4.69) is 9.97 Å². The van der Waals surface area contributed by atoms with Crippen LogP contribution in [0.3, 0.4) is 0 Å². The van der Waals surface area contributed by atoms with Crippen molar-refractivity contribution in [2.45, 2.75) is 0 Å². The summed E-state index contributed by atoms with van der Waals surface area (Å²) in [6, 6.07) is 1.41. The lowest BCUT2D eigenvalue weighted by atomic mass is 10.4. The van der Waals surface area contributed by atoms with Crippen LogP contribution in [0.5, 0.6) is 6.01 Å². The minimum absolute atomic E-state index is 0.0650. The molecule has 1 N–H and O–H groups in total. The summed E-state index contributed by atoms with van der Waals surface area (Å²) in [6.45, 7) is 1.15. The molecule has 0 atom stereocenters. The SMILES string of the molecule is CN(C)CCOc1nccc(C(=O)O)n1. The molecule has 0 aliphatic rings. The first-order chi connectivity index (χ1) is 7.09. The van der Waals surface area contributed by atoms with Crippen LogP contribution in [0.15, 0.2) is 12.3 Å². The molecule has 0 saturated carbocycles. The van der Waals surface area contributed by atoms with E-state index in [4.69, 9.17) is 9.84 Å². The van der Waals surface area contributed by atoms with Crippen molar-refractivity contribution in [3.63, 3.8) is 0 Å². The molecule has 0 aliphatic heterocycles. The molecule has 15 heavy (non-hydrogen) atoms. The molecule has 0 amide bonds. The van der Waals surface area contributed by atoms with Crippen molar-refractivity contribution in [1.82, 2.24) is 14.9 Å². The number of rotatable bonds is 5. The molecule has 1 rings (SSSR count). The van der Waals surface area contributed by atoms with Crippen LogP contribution in [0.4, 0.5) is 0 Å². The summed E-state index contributed by atoms with van der Waals surface area (Å²) in [5.74, 6) is -1.09. The van der Waals surface area contributed by atoms with Gasteiger partial charge in [-0.3, -0.25) is 0 Å². The average Bonchev–Trinajstić information content (AvgIpc) is 2.17. The van der Waals surface area contributed by atoms with Crippen molar-refractivity contribution in [2.75, 3.05) is 27.2 Å². The first-order valence-electron chi connectivity index (χ1n) is 4.43. The molecule has 0 bridgehead atoms. The molecule has 6 heteroatoms. The fourth-order valence-electron chi connectivity index (χ4n) is 0.849. The summed E-state index contributed by atoms with van der Waals surface area (Å²) >= 11 is 0. The number of carboxylic acid groups (broad SMARTS) is 1. The Hall–Kier alpha value is -1.69. The first kappa shape index (κ1) is 11.4. The summed E-state index contributed by atoms with van der Waals surface area (Å²) in [6.07, 6.45) is 1.36. The quantitative estimate of drug-likeness (QED) is 0.745. The highest BCUT2D eigenvalue weighted by atomic mass is 16.5. The van der Waals surface area contributed by atoms with Crippen LogP contribution in [0.25, 0.3) is 0 Å². The van der Waals surface area contributed by atoms with E-state index < -0.39 is 5.97 Å².